The Morgan fingerprint density at radius 2 is 1.97 bits per heavy atom. The van der Waals surface area contributed by atoms with E-state index in [0.717, 1.165) is 19.4 Å². The van der Waals surface area contributed by atoms with Crippen molar-refractivity contribution in [3.63, 3.8) is 0 Å². The maximum atomic E-state index is 12.8. The number of benzene rings is 1. The summed E-state index contributed by atoms with van der Waals surface area (Å²) < 4.78 is 37.8. The second-order valence-electron chi connectivity index (χ2n) is 6.97. The van der Waals surface area contributed by atoms with Gasteiger partial charge in [-0.2, -0.15) is 4.31 Å². The van der Waals surface area contributed by atoms with Crippen LogP contribution in [0.2, 0.25) is 0 Å². The Morgan fingerprint density at radius 1 is 1.24 bits per heavy atom. The SMILES string of the molecule is O=C(CCOCC1CCCO1)N1CCN(S(=O)(=O)c2ccccc2[N+](=O)[O-])CC1. The van der Waals surface area contributed by atoms with Gasteiger partial charge in [-0.1, -0.05) is 12.1 Å². The van der Waals surface area contributed by atoms with Crippen molar-refractivity contribution in [3.05, 3.63) is 34.4 Å². The molecule has 0 aliphatic carbocycles. The number of carbonyl (C=O) groups is 1. The fourth-order valence-electron chi connectivity index (χ4n) is 3.45. The average Bonchev–Trinajstić information content (AvgIpc) is 3.24. The summed E-state index contributed by atoms with van der Waals surface area (Å²) in [6.45, 7) is 2.21. The molecule has 0 saturated carbocycles. The van der Waals surface area contributed by atoms with Gasteiger partial charge in [0, 0.05) is 38.9 Å². The molecule has 2 heterocycles. The van der Waals surface area contributed by atoms with Gasteiger partial charge in [0.15, 0.2) is 4.90 Å². The Kier molecular flexibility index (Phi) is 7.17. The summed E-state index contributed by atoms with van der Waals surface area (Å²) in [6, 6.07) is 5.28. The van der Waals surface area contributed by atoms with Crippen LogP contribution >= 0.6 is 0 Å². The van der Waals surface area contributed by atoms with E-state index in [9.17, 15) is 23.3 Å². The fourth-order valence-corrected chi connectivity index (χ4v) is 5.03. The van der Waals surface area contributed by atoms with Crippen molar-refractivity contribution in [2.24, 2.45) is 0 Å². The largest absolute Gasteiger partial charge is 0.378 e. The standard InChI is InChI=1S/C18H25N3O7S/c22-18(7-13-27-14-15-4-3-12-28-15)19-8-10-20(11-9-19)29(25,26)17-6-2-1-5-16(17)21(23)24/h1-2,5-6,15H,3-4,7-14H2. The van der Waals surface area contributed by atoms with E-state index in [4.69, 9.17) is 9.47 Å². The van der Waals surface area contributed by atoms with Crippen LogP contribution < -0.4 is 0 Å². The lowest BCUT2D eigenvalue weighted by Gasteiger charge is -2.34. The number of ether oxygens (including phenoxy) is 2. The van der Waals surface area contributed by atoms with E-state index < -0.39 is 20.6 Å². The van der Waals surface area contributed by atoms with E-state index in [-0.39, 0.29) is 49.5 Å². The Morgan fingerprint density at radius 3 is 2.62 bits per heavy atom. The highest BCUT2D eigenvalue weighted by Gasteiger charge is 2.34. The van der Waals surface area contributed by atoms with Gasteiger partial charge in [-0.3, -0.25) is 14.9 Å². The molecule has 2 saturated heterocycles. The lowest BCUT2D eigenvalue weighted by molar-refractivity contribution is -0.387. The predicted octanol–water partition coefficient (Wildman–Crippen LogP) is 1.01. The average molecular weight is 427 g/mol. The number of sulfonamides is 1. The van der Waals surface area contributed by atoms with Crippen LogP contribution in [-0.2, 0) is 24.3 Å². The summed E-state index contributed by atoms with van der Waals surface area (Å²) >= 11 is 0. The highest BCUT2D eigenvalue weighted by molar-refractivity contribution is 7.89. The summed E-state index contributed by atoms with van der Waals surface area (Å²) in [6.07, 6.45) is 2.35. The molecule has 1 amide bonds. The van der Waals surface area contributed by atoms with Gasteiger partial charge in [0.2, 0.25) is 15.9 Å². The number of para-hydroxylation sites is 1. The number of rotatable bonds is 8. The van der Waals surface area contributed by atoms with Gasteiger partial charge in [-0.15, -0.1) is 0 Å². The highest BCUT2D eigenvalue weighted by atomic mass is 32.2. The first-order chi connectivity index (χ1) is 13.9. The van der Waals surface area contributed by atoms with E-state index in [1.807, 2.05) is 0 Å². The number of nitrogens with zero attached hydrogens (tertiary/aromatic N) is 3. The van der Waals surface area contributed by atoms with E-state index in [0.29, 0.717) is 13.2 Å². The smallest absolute Gasteiger partial charge is 0.289 e. The van der Waals surface area contributed by atoms with Gasteiger partial charge >= 0.3 is 0 Å². The molecule has 1 aromatic carbocycles. The number of nitro groups is 1. The van der Waals surface area contributed by atoms with Crippen LogP contribution in [0, 0.1) is 10.1 Å². The zero-order chi connectivity index (χ0) is 20.9. The molecule has 29 heavy (non-hydrogen) atoms. The Bertz CT molecular complexity index is 832. The quantitative estimate of drug-likeness (QED) is 0.345. The van der Waals surface area contributed by atoms with Gasteiger partial charge in [0.05, 0.1) is 30.7 Å². The Labute approximate surface area is 169 Å². The lowest BCUT2D eigenvalue weighted by atomic mass is 10.2. The maximum Gasteiger partial charge on any atom is 0.289 e. The monoisotopic (exact) mass is 427 g/mol. The van der Waals surface area contributed by atoms with Crippen LogP contribution in [-0.4, -0.2) is 80.6 Å². The minimum atomic E-state index is -4.00. The zero-order valence-corrected chi connectivity index (χ0v) is 16.9. The second kappa shape index (κ2) is 9.61. The highest BCUT2D eigenvalue weighted by Crippen LogP contribution is 2.27. The van der Waals surface area contributed by atoms with Crippen molar-refractivity contribution in [1.29, 1.82) is 0 Å². The number of amides is 1. The first-order valence-electron chi connectivity index (χ1n) is 9.60. The summed E-state index contributed by atoms with van der Waals surface area (Å²) in [4.78, 5) is 24.0. The van der Waals surface area contributed by atoms with E-state index in [1.165, 1.54) is 28.6 Å². The van der Waals surface area contributed by atoms with Crippen molar-refractivity contribution in [2.75, 3.05) is 46.0 Å². The molecule has 2 aliphatic heterocycles. The van der Waals surface area contributed by atoms with Crippen molar-refractivity contribution in [1.82, 2.24) is 9.21 Å². The van der Waals surface area contributed by atoms with Gasteiger partial charge in [-0.25, -0.2) is 8.42 Å². The van der Waals surface area contributed by atoms with Crippen LogP contribution in [0.25, 0.3) is 0 Å². The number of carbonyl (C=O) groups excluding carboxylic acids is 1. The van der Waals surface area contributed by atoms with Crippen LogP contribution in [0.3, 0.4) is 0 Å². The molecule has 0 N–H and O–H groups in total. The third-order valence-electron chi connectivity index (χ3n) is 5.06. The second-order valence-corrected chi connectivity index (χ2v) is 8.88. The molecule has 1 unspecified atom stereocenters. The number of nitro benzene ring substituents is 1. The minimum Gasteiger partial charge on any atom is -0.378 e. The molecule has 0 bridgehead atoms. The van der Waals surface area contributed by atoms with E-state index >= 15 is 0 Å². The van der Waals surface area contributed by atoms with Gasteiger partial charge < -0.3 is 14.4 Å². The summed E-state index contributed by atoms with van der Waals surface area (Å²) in [5.74, 6) is -0.0971. The van der Waals surface area contributed by atoms with E-state index in [1.54, 1.807) is 4.90 Å². The number of piperazine rings is 1. The van der Waals surface area contributed by atoms with Crippen molar-refractivity contribution in [2.45, 2.75) is 30.3 Å². The third kappa shape index (κ3) is 5.30. The zero-order valence-electron chi connectivity index (χ0n) is 16.1. The molecule has 2 fully saturated rings. The summed E-state index contributed by atoms with van der Waals surface area (Å²) in [5, 5.41) is 11.2. The molecule has 0 aromatic heterocycles. The van der Waals surface area contributed by atoms with Crippen LogP contribution in [0.1, 0.15) is 19.3 Å². The third-order valence-corrected chi connectivity index (χ3v) is 7.01. The first-order valence-corrected chi connectivity index (χ1v) is 11.0. The first kappa shape index (κ1) is 21.6. The number of hydrogen-bond acceptors (Lipinski definition) is 7. The van der Waals surface area contributed by atoms with Crippen molar-refractivity contribution < 1.29 is 27.6 Å². The van der Waals surface area contributed by atoms with Crippen molar-refractivity contribution >= 4 is 21.6 Å². The molecular weight excluding hydrogens is 402 g/mol. The topological polar surface area (TPSA) is 119 Å². The van der Waals surface area contributed by atoms with Crippen molar-refractivity contribution in [3.8, 4) is 0 Å². The van der Waals surface area contributed by atoms with E-state index in [2.05, 4.69) is 0 Å². The minimum absolute atomic E-state index is 0.0941. The maximum absolute atomic E-state index is 12.8. The molecule has 0 spiro atoms. The molecular formula is C18H25N3O7S. The summed E-state index contributed by atoms with van der Waals surface area (Å²) in [7, 11) is -4.00. The van der Waals surface area contributed by atoms with Crippen LogP contribution in [0.5, 0.6) is 0 Å². The molecule has 160 valence electrons. The molecule has 1 aromatic rings. The molecule has 3 rings (SSSR count). The molecule has 11 heteroatoms. The normalized spacial score (nSPS) is 20.7. The number of hydrogen-bond donors (Lipinski definition) is 0. The fraction of sp³-hybridized carbons (Fsp3) is 0.611. The lowest BCUT2D eigenvalue weighted by Crippen LogP contribution is -2.50. The molecule has 10 nitrogen and oxygen atoms in total. The Hall–Kier alpha value is -2.08. The van der Waals surface area contributed by atoms with Gasteiger partial charge in [-0.05, 0) is 18.9 Å². The predicted molar refractivity (Wildman–Crippen MR) is 103 cm³/mol. The van der Waals surface area contributed by atoms with Gasteiger partial charge in [0.25, 0.3) is 5.69 Å². The molecule has 2 aliphatic rings. The van der Waals surface area contributed by atoms with Gasteiger partial charge in [0.1, 0.15) is 0 Å². The molecule has 0 radical (unpaired) electrons. The van der Waals surface area contributed by atoms with Crippen LogP contribution in [0.15, 0.2) is 29.2 Å². The van der Waals surface area contributed by atoms with Crippen LogP contribution in [0.4, 0.5) is 5.69 Å². The molecule has 1 atom stereocenters. The summed E-state index contributed by atoms with van der Waals surface area (Å²) in [5.41, 5.74) is -0.450. The Balaban J connectivity index is 1.49.